The van der Waals surface area contributed by atoms with E-state index in [1.807, 2.05) is 0 Å². The Morgan fingerprint density at radius 2 is 2.00 bits per heavy atom. The summed E-state index contributed by atoms with van der Waals surface area (Å²) in [5, 5.41) is 18.0. The quantitative estimate of drug-likeness (QED) is 0.415. The predicted octanol–water partition coefficient (Wildman–Crippen LogP) is -1.58. The summed E-state index contributed by atoms with van der Waals surface area (Å²) < 4.78 is 19.2. The van der Waals surface area contributed by atoms with E-state index in [4.69, 9.17) is 15.1 Å². The van der Waals surface area contributed by atoms with Crippen LogP contribution in [0, 0.1) is 0 Å². The zero-order chi connectivity index (χ0) is 10.1. The molecule has 13 heavy (non-hydrogen) atoms. The van der Waals surface area contributed by atoms with Crippen LogP contribution in [0.4, 0.5) is 0 Å². The number of hydrogen-bond donors (Lipinski definition) is 3. The van der Waals surface area contributed by atoms with Crippen LogP contribution in [-0.4, -0.2) is 46.3 Å². The molecule has 1 heterocycles. The zero-order valence-electron chi connectivity index (χ0n) is 6.49. The van der Waals surface area contributed by atoms with E-state index in [0.29, 0.717) is 0 Å². The van der Waals surface area contributed by atoms with Crippen molar-refractivity contribution in [3.8, 4) is 0 Å². The summed E-state index contributed by atoms with van der Waals surface area (Å²) in [5.41, 5.74) is 0. The van der Waals surface area contributed by atoms with E-state index in [0.717, 1.165) is 0 Å². The molecule has 3 N–H and O–H groups in total. The first kappa shape index (κ1) is 10.8. The number of phosphoric ester groups is 1. The van der Waals surface area contributed by atoms with Crippen molar-refractivity contribution >= 4 is 13.6 Å². The third-order valence-corrected chi connectivity index (χ3v) is 2.40. The highest BCUT2D eigenvalue weighted by molar-refractivity contribution is 7.47. The van der Waals surface area contributed by atoms with E-state index >= 15 is 0 Å². The van der Waals surface area contributed by atoms with E-state index in [-0.39, 0.29) is 0 Å². The van der Waals surface area contributed by atoms with Crippen LogP contribution in [0.5, 0.6) is 0 Å². The Morgan fingerprint density at radius 1 is 1.38 bits per heavy atom. The molecule has 0 aromatic rings. The van der Waals surface area contributed by atoms with Gasteiger partial charge < -0.3 is 15.1 Å². The first-order valence-electron chi connectivity index (χ1n) is 3.43. The minimum atomic E-state index is -4.25. The van der Waals surface area contributed by atoms with Gasteiger partial charge in [0.25, 0.3) is 0 Å². The van der Waals surface area contributed by atoms with Crippen LogP contribution in [0.3, 0.4) is 0 Å². The van der Waals surface area contributed by atoms with Crippen LogP contribution in [0.15, 0.2) is 0 Å². The second-order valence-corrected chi connectivity index (χ2v) is 3.97. The van der Waals surface area contributed by atoms with Crippen molar-refractivity contribution in [3.05, 3.63) is 0 Å². The van der Waals surface area contributed by atoms with E-state index in [1.165, 1.54) is 0 Å². The Balaban J connectivity index is 2.70. The van der Waals surface area contributed by atoms with Crippen molar-refractivity contribution in [2.45, 2.75) is 12.2 Å². The summed E-state index contributed by atoms with van der Waals surface area (Å²) >= 11 is 0. The van der Waals surface area contributed by atoms with Crippen LogP contribution in [-0.2, 0) is 18.4 Å². The van der Waals surface area contributed by atoms with Crippen LogP contribution < -0.4 is 0 Å². The fraction of sp³-hybridized carbons (Fsp3) is 0.800. The highest BCUT2D eigenvalue weighted by atomic mass is 31.2. The molecule has 8 heteroatoms. The van der Waals surface area contributed by atoms with Gasteiger partial charge in [-0.05, 0) is 0 Å². The smallest absolute Gasteiger partial charge is 0.388 e. The minimum absolute atomic E-state index is 0.624. The number of ketones is 1. The molecule has 76 valence electrons. The van der Waals surface area contributed by atoms with Crippen molar-refractivity contribution < 1.29 is 33.5 Å². The maximum Gasteiger partial charge on any atom is 0.472 e. The number of carbonyl (C=O) groups excluding carboxylic acids is 1. The number of hydrogen-bond acceptors (Lipinski definition) is 6. The molecule has 0 amide bonds. The average molecular weight is 212 g/mol. The summed E-state index contributed by atoms with van der Waals surface area (Å²) in [6.45, 7) is -1.38. The molecule has 0 aromatic carbocycles. The Hall–Kier alpha value is -0.300. The molecular formula is C5H9O7P. The molecule has 1 fully saturated rings. The molecule has 7 nitrogen and oxygen atoms in total. The Bertz CT molecular complexity index is 251. The number of carbonyl (C=O) groups is 1. The molecule has 0 aromatic heterocycles. The first-order chi connectivity index (χ1) is 5.92. The van der Waals surface area contributed by atoms with E-state index in [9.17, 15) is 9.36 Å². The van der Waals surface area contributed by atoms with Gasteiger partial charge in [0.2, 0.25) is 0 Å². The van der Waals surface area contributed by atoms with Crippen molar-refractivity contribution in [1.82, 2.24) is 0 Å². The Kier molecular flexibility index (Phi) is 3.18. The molecule has 1 aliphatic heterocycles. The zero-order valence-corrected chi connectivity index (χ0v) is 7.39. The fourth-order valence-electron chi connectivity index (χ4n) is 0.744. The Morgan fingerprint density at radius 3 is 2.62 bits per heavy atom. The van der Waals surface area contributed by atoms with E-state index in [1.54, 1.807) is 0 Å². The largest absolute Gasteiger partial charge is 0.472 e. The SMILES string of the molecule is O=C1COP(=O)(O)OCC(O)[C@@H]1O. The molecule has 1 rings (SSSR count). The summed E-state index contributed by atoms with van der Waals surface area (Å²) in [4.78, 5) is 19.6. The monoisotopic (exact) mass is 212 g/mol. The number of rotatable bonds is 0. The topological polar surface area (TPSA) is 113 Å². The van der Waals surface area contributed by atoms with E-state index < -0.39 is 39.0 Å². The third kappa shape index (κ3) is 2.84. The average Bonchev–Trinajstić information content (AvgIpc) is 2.08. The lowest BCUT2D eigenvalue weighted by atomic mass is 10.1. The second kappa shape index (κ2) is 3.83. The van der Waals surface area contributed by atoms with Gasteiger partial charge in [0.05, 0.1) is 6.61 Å². The molecule has 3 atom stereocenters. The van der Waals surface area contributed by atoms with Gasteiger partial charge in [0, 0.05) is 0 Å². The van der Waals surface area contributed by atoms with Gasteiger partial charge >= 0.3 is 7.82 Å². The Labute approximate surface area is 73.5 Å². The molecule has 1 saturated heterocycles. The maximum atomic E-state index is 10.8. The summed E-state index contributed by atoms with van der Waals surface area (Å²) in [5.74, 6) is -0.856. The maximum absolute atomic E-state index is 10.8. The first-order valence-corrected chi connectivity index (χ1v) is 4.92. The van der Waals surface area contributed by atoms with Gasteiger partial charge in [-0.25, -0.2) is 4.57 Å². The highest BCUT2D eigenvalue weighted by Crippen LogP contribution is 2.43. The number of phosphoric acid groups is 1. The van der Waals surface area contributed by atoms with E-state index in [2.05, 4.69) is 9.05 Å². The number of Topliss-reactive ketones (excluding diaryl/α,β-unsaturated/α-hetero) is 1. The van der Waals surface area contributed by atoms with Crippen LogP contribution >= 0.6 is 7.82 Å². The second-order valence-electron chi connectivity index (χ2n) is 2.52. The van der Waals surface area contributed by atoms with Crippen LogP contribution in [0.1, 0.15) is 0 Å². The van der Waals surface area contributed by atoms with Gasteiger partial charge in [-0.1, -0.05) is 0 Å². The number of aliphatic hydroxyl groups is 2. The fourth-order valence-corrected chi connectivity index (χ4v) is 1.45. The van der Waals surface area contributed by atoms with Gasteiger partial charge in [-0.15, -0.1) is 0 Å². The molecule has 0 bridgehead atoms. The third-order valence-electron chi connectivity index (χ3n) is 1.47. The normalized spacial score (nSPS) is 42.5. The van der Waals surface area contributed by atoms with Gasteiger partial charge in [0.1, 0.15) is 18.8 Å². The van der Waals surface area contributed by atoms with Crippen molar-refractivity contribution in [3.63, 3.8) is 0 Å². The van der Waals surface area contributed by atoms with Crippen LogP contribution in [0.25, 0.3) is 0 Å². The molecule has 0 spiro atoms. The lowest BCUT2D eigenvalue weighted by molar-refractivity contribution is -0.139. The lowest BCUT2D eigenvalue weighted by Crippen LogP contribution is -2.40. The highest BCUT2D eigenvalue weighted by Gasteiger charge is 2.33. The summed E-state index contributed by atoms with van der Waals surface area (Å²) in [7, 11) is -4.25. The molecule has 0 saturated carbocycles. The molecule has 1 aliphatic rings. The molecule has 2 unspecified atom stereocenters. The van der Waals surface area contributed by atoms with Gasteiger partial charge in [0.15, 0.2) is 5.78 Å². The summed E-state index contributed by atoms with van der Waals surface area (Å²) in [6, 6.07) is 0. The molecular weight excluding hydrogens is 203 g/mol. The van der Waals surface area contributed by atoms with Crippen LogP contribution in [0.2, 0.25) is 0 Å². The van der Waals surface area contributed by atoms with Crippen molar-refractivity contribution in [2.24, 2.45) is 0 Å². The van der Waals surface area contributed by atoms with Gasteiger partial charge in [-0.2, -0.15) is 0 Å². The summed E-state index contributed by atoms with van der Waals surface area (Å²) in [6.07, 6.45) is -3.14. The van der Waals surface area contributed by atoms with Crippen molar-refractivity contribution in [2.75, 3.05) is 13.2 Å². The lowest BCUT2D eigenvalue weighted by Gasteiger charge is -2.22. The predicted molar refractivity (Wildman–Crippen MR) is 38.7 cm³/mol. The van der Waals surface area contributed by atoms with Gasteiger partial charge in [-0.3, -0.25) is 13.8 Å². The number of aliphatic hydroxyl groups excluding tert-OH is 2. The van der Waals surface area contributed by atoms with Crippen molar-refractivity contribution in [1.29, 1.82) is 0 Å². The minimum Gasteiger partial charge on any atom is -0.388 e. The molecule has 0 radical (unpaired) electrons. The standard InChI is InChI=1S/C5H9O7P/c6-3-1-11-13(9,10)12-2-4(7)5(3)8/h3,5-6,8H,1-2H2,(H,9,10)/t3?,5-/m0/s1. The molecule has 0 aliphatic carbocycles.